The zero-order chi connectivity index (χ0) is 19.4. The van der Waals surface area contributed by atoms with E-state index >= 15 is 0 Å². The van der Waals surface area contributed by atoms with Gasteiger partial charge in [0.15, 0.2) is 0 Å². The maximum absolute atomic E-state index is 11.7. The van der Waals surface area contributed by atoms with Gasteiger partial charge in [-0.25, -0.2) is 0 Å². The number of nitrogens with zero attached hydrogens (tertiary/aromatic N) is 2. The number of rotatable bonds is 6. The third kappa shape index (κ3) is 4.73. The van der Waals surface area contributed by atoms with Gasteiger partial charge < -0.3 is 16.0 Å². The van der Waals surface area contributed by atoms with E-state index in [4.69, 9.17) is 17.3 Å². The molecule has 144 valence electrons. The molecular weight excluding hydrogens is 360 g/mol. The van der Waals surface area contributed by atoms with Crippen molar-refractivity contribution in [2.45, 2.75) is 19.4 Å². The summed E-state index contributed by atoms with van der Waals surface area (Å²) in [6, 6.07) is 15.7. The number of para-hydroxylation sites is 1. The van der Waals surface area contributed by atoms with E-state index in [1.54, 1.807) is 12.1 Å². The SMILES string of the molecule is CC(C)(CNc1ccc(Cl)cc1C(N)=O)N1CCN(c2ccccc2)CC1. The van der Waals surface area contributed by atoms with Gasteiger partial charge in [-0.2, -0.15) is 0 Å². The second-order valence-electron chi connectivity index (χ2n) is 7.53. The lowest BCUT2D eigenvalue weighted by molar-refractivity contribution is 0.100. The molecule has 1 amide bonds. The number of carbonyl (C=O) groups excluding carboxylic acids is 1. The number of halogens is 1. The van der Waals surface area contributed by atoms with E-state index in [-0.39, 0.29) is 5.54 Å². The second-order valence-corrected chi connectivity index (χ2v) is 7.97. The first kappa shape index (κ1) is 19.5. The Balaban J connectivity index is 1.60. The van der Waals surface area contributed by atoms with Crippen molar-refractivity contribution >= 4 is 28.9 Å². The molecule has 6 heteroatoms. The van der Waals surface area contributed by atoms with Gasteiger partial charge in [-0.05, 0) is 44.2 Å². The average molecular weight is 387 g/mol. The van der Waals surface area contributed by atoms with Crippen LogP contribution in [-0.4, -0.2) is 49.1 Å². The van der Waals surface area contributed by atoms with Gasteiger partial charge in [-0.1, -0.05) is 29.8 Å². The topological polar surface area (TPSA) is 61.6 Å². The largest absolute Gasteiger partial charge is 0.383 e. The minimum absolute atomic E-state index is 0.0582. The molecular formula is C21H27ClN4O. The molecule has 1 aliphatic heterocycles. The Morgan fingerprint density at radius 3 is 2.41 bits per heavy atom. The van der Waals surface area contributed by atoms with Crippen LogP contribution >= 0.6 is 11.6 Å². The molecule has 5 nitrogen and oxygen atoms in total. The smallest absolute Gasteiger partial charge is 0.250 e. The first-order chi connectivity index (χ1) is 12.9. The van der Waals surface area contributed by atoms with Crippen LogP contribution in [0.25, 0.3) is 0 Å². The van der Waals surface area contributed by atoms with Crippen LogP contribution in [0.15, 0.2) is 48.5 Å². The molecule has 1 fully saturated rings. The molecule has 0 aliphatic carbocycles. The van der Waals surface area contributed by atoms with Crippen molar-refractivity contribution in [2.24, 2.45) is 5.73 Å². The number of primary amides is 1. The quantitative estimate of drug-likeness (QED) is 0.798. The Labute approximate surface area is 166 Å². The van der Waals surface area contributed by atoms with E-state index < -0.39 is 5.91 Å². The Morgan fingerprint density at radius 2 is 1.78 bits per heavy atom. The minimum Gasteiger partial charge on any atom is -0.383 e. The lowest BCUT2D eigenvalue weighted by atomic mass is 10.0. The first-order valence-electron chi connectivity index (χ1n) is 9.25. The standard InChI is InChI=1S/C21H27ClN4O/c1-21(2,15-24-19-9-8-16(22)14-18(19)20(23)27)26-12-10-25(11-13-26)17-6-4-3-5-7-17/h3-9,14,24H,10-13,15H2,1-2H3,(H2,23,27). The van der Waals surface area contributed by atoms with Gasteiger partial charge in [0.05, 0.1) is 5.56 Å². The van der Waals surface area contributed by atoms with Crippen LogP contribution in [0.3, 0.4) is 0 Å². The summed E-state index contributed by atoms with van der Waals surface area (Å²) in [5.41, 5.74) is 7.85. The summed E-state index contributed by atoms with van der Waals surface area (Å²) in [5.74, 6) is -0.478. The normalized spacial score (nSPS) is 15.6. The van der Waals surface area contributed by atoms with Crippen LogP contribution in [-0.2, 0) is 0 Å². The monoisotopic (exact) mass is 386 g/mol. The van der Waals surface area contributed by atoms with Crippen molar-refractivity contribution in [3.8, 4) is 0 Å². The molecule has 1 aliphatic rings. The van der Waals surface area contributed by atoms with Gasteiger partial charge in [-0.15, -0.1) is 0 Å². The number of piperazine rings is 1. The molecule has 0 spiro atoms. The highest BCUT2D eigenvalue weighted by molar-refractivity contribution is 6.31. The van der Waals surface area contributed by atoms with Gasteiger partial charge in [0, 0.05) is 54.7 Å². The van der Waals surface area contributed by atoms with E-state index in [0.29, 0.717) is 17.1 Å². The second kappa shape index (κ2) is 8.19. The Hall–Kier alpha value is -2.24. The molecule has 0 radical (unpaired) electrons. The summed E-state index contributed by atoms with van der Waals surface area (Å²) in [5, 5.41) is 3.89. The van der Waals surface area contributed by atoms with E-state index in [1.165, 1.54) is 5.69 Å². The van der Waals surface area contributed by atoms with Gasteiger partial charge in [0.1, 0.15) is 0 Å². The molecule has 27 heavy (non-hydrogen) atoms. The van der Waals surface area contributed by atoms with Crippen molar-refractivity contribution in [2.75, 3.05) is 42.9 Å². The third-order valence-corrected chi connectivity index (χ3v) is 5.45. The number of hydrogen-bond donors (Lipinski definition) is 2. The molecule has 0 bridgehead atoms. The fourth-order valence-electron chi connectivity index (χ4n) is 3.51. The number of anilines is 2. The number of benzene rings is 2. The minimum atomic E-state index is -0.478. The van der Waals surface area contributed by atoms with Crippen molar-refractivity contribution < 1.29 is 4.79 Å². The fourth-order valence-corrected chi connectivity index (χ4v) is 3.68. The third-order valence-electron chi connectivity index (χ3n) is 5.22. The molecule has 1 heterocycles. The Kier molecular flexibility index (Phi) is 5.92. The van der Waals surface area contributed by atoms with E-state index in [9.17, 15) is 4.79 Å². The van der Waals surface area contributed by atoms with Crippen molar-refractivity contribution in [3.63, 3.8) is 0 Å². The van der Waals surface area contributed by atoms with Crippen LogP contribution in [0, 0.1) is 0 Å². The zero-order valence-electron chi connectivity index (χ0n) is 15.9. The highest BCUT2D eigenvalue weighted by Crippen LogP contribution is 2.24. The van der Waals surface area contributed by atoms with Crippen LogP contribution in [0.2, 0.25) is 5.02 Å². The average Bonchev–Trinajstić information content (AvgIpc) is 2.68. The maximum Gasteiger partial charge on any atom is 0.250 e. The van der Waals surface area contributed by atoms with Gasteiger partial charge in [0.2, 0.25) is 0 Å². The molecule has 2 aromatic rings. The lowest BCUT2D eigenvalue weighted by Gasteiger charge is -2.45. The molecule has 1 saturated heterocycles. The number of carbonyl (C=O) groups is 1. The van der Waals surface area contributed by atoms with E-state index in [1.807, 2.05) is 12.1 Å². The van der Waals surface area contributed by atoms with Crippen molar-refractivity contribution in [1.29, 1.82) is 0 Å². The van der Waals surface area contributed by atoms with Crippen LogP contribution < -0.4 is 16.0 Å². The van der Waals surface area contributed by atoms with Crippen molar-refractivity contribution in [3.05, 3.63) is 59.1 Å². The molecule has 0 unspecified atom stereocenters. The molecule has 0 aromatic heterocycles. The van der Waals surface area contributed by atoms with Crippen LogP contribution in [0.5, 0.6) is 0 Å². The van der Waals surface area contributed by atoms with Gasteiger partial charge >= 0.3 is 0 Å². The molecule has 0 saturated carbocycles. The summed E-state index contributed by atoms with van der Waals surface area (Å²) in [6.07, 6.45) is 0. The summed E-state index contributed by atoms with van der Waals surface area (Å²) >= 11 is 5.99. The zero-order valence-corrected chi connectivity index (χ0v) is 16.7. The summed E-state index contributed by atoms with van der Waals surface area (Å²) in [6.45, 7) is 9.14. The Morgan fingerprint density at radius 1 is 1.11 bits per heavy atom. The van der Waals surface area contributed by atoms with Crippen LogP contribution in [0.1, 0.15) is 24.2 Å². The summed E-state index contributed by atoms with van der Waals surface area (Å²) in [7, 11) is 0. The highest BCUT2D eigenvalue weighted by atomic mass is 35.5. The first-order valence-corrected chi connectivity index (χ1v) is 9.63. The van der Waals surface area contributed by atoms with E-state index in [2.05, 4.69) is 53.2 Å². The van der Waals surface area contributed by atoms with Gasteiger partial charge in [0.25, 0.3) is 5.91 Å². The number of amides is 1. The Bertz CT molecular complexity index is 786. The number of nitrogens with two attached hydrogens (primary N) is 1. The molecule has 2 aromatic carbocycles. The summed E-state index contributed by atoms with van der Waals surface area (Å²) < 4.78 is 0. The van der Waals surface area contributed by atoms with Crippen molar-refractivity contribution in [1.82, 2.24) is 4.90 Å². The molecule has 3 N–H and O–H groups in total. The predicted octanol–water partition coefficient (Wildman–Crippen LogP) is 3.45. The molecule has 0 atom stereocenters. The summed E-state index contributed by atoms with van der Waals surface area (Å²) in [4.78, 5) is 16.6. The highest BCUT2D eigenvalue weighted by Gasteiger charge is 2.30. The van der Waals surface area contributed by atoms with Crippen LogP contribution in [0.4, 0.5) is 11.4 Å². The predicted molar refractivity (Wildman–Crippen MR) is 113 cm³/mol. The molecule has 3 rings (SSSR count). The van der Waals surface area contributed by atoms with E-state index in [0.717, 1.165) is 31.9 Å². The van der Waals surface area contributed by atoms with Gasteiger partial charge in [-0.3, -0.25) is 9.69 Å². The number of nitrogens with one attached hydrogen (secondary N) is 1. The maximum atomic E-state index is 11.7. The fraction of sp³-hybridized carbons (Fsp3) is 0.381. The number of hydrogen-bond acceptors (Lipinski definition) is 4. The lowest BCUT2D eigenvalue weighted by Crippen LogP contribution is -2.57.